The van der Waals surface area contributed by atoms with E-state index in [1.807, 2.05) is 12.1 Å². The second-order valence-corrected chi connectivity index (χ2v) is 5.60. The number of rotatable bonds is 9. The minimum atomic E-state index is -0.204. The number of ether oxygens (including phenoxy) is 5. The fraction of sp³-hybridized carbons (Fsp3) is 0.227. The van der Waals surface area contributed by atoms with E-state index < -0.39 is 0 Å². The summed E-state index contributed by atoms with van der Waals surface area (Å²) in [5.41, 5.74) is 1.38. The minimum absolute atomic E-state index is 0.204. The van der Waals surface area contributed by atoms with Crippen LogP contribution in [0.2, 0.25) is 0 Å². The van der Waals surface area contributed by atoms with Crippen LogP contribution in [0.1, 0.15) is 11.1 Å². The predicted octanol–water partition coefficient (Wildman–Crippen LogP) is 4.03. The van der Waals surface area contributed by atoms with E-state index in [1.165, 1.54) is 12.2 Å². The first-order chi connectivity index (χ1) is 13.6. The third kappa shape index (κ3) is 4.85. The number of methoxy groups -OCH3 is 5. The van der Waals surface area contributed by atoms with E-state index in [9.17, 15) is 4.79 Å². The monoisotopic (exact) mass is 384 g/mol. The lowest BCUT2D eigenvalue weighted by Gasteiger charge is -2.12. The number of para-hydroxylation sites is 1. The second-order valence-electron chi connectivity index (χ2n) is 5.60. The number of carbonyl (C=O) groups excluding carboxylic acids is 1. The van der Waals surface area contributed by atoms with E-state index in [4.69, 9.17) is 23.7 Å². The van der Waals surface area contributed by atoms with Gasteiger partial charge in [0.2, 0.25) is 0 Å². The van der Waals surface area contributed by atoms with E-state index in [-0.39, 0.29) is 5.78 Å². The Labute approximate surface area is 164 Å². The lowest BCUT2D eigenvalue weighted by atomic mass is 10.1. The van der Waals surface area contributed by atoms with Crippen molar-refractivity contribution in [3.05, 3.63) is 53.6 Å². The number of carbonyl (C=O) groups is 1. The number of allylic oxidation sites excluding steroid dienone is 2. The van der Waals surface area contributed by atoms with Crippen LogP contribution in [0.3, 0.4) is 0 Å². The highest BCUT2D eigenvalue weighted by Gasteiger charge is 2.11. The van der Waals surface area contributed by atoms with Crippen molar-refractivity contribution in [2.75, 3.05) is 35.5 Å². The zero-order valence-corrected chi connectivity index (χ0v) is 16.6. The molecule has 2 aromatic rings. The van der Waals surface area contributed by atoms with Gasteiger partial charge in [0.25, 0.3) is 0 Å². The Kier molecular flexibility index (Phi) is 7.51. The number of ketones is 1. The molecule has 0 amide bonds. The Hall–Kier alpha value is -3.41. The molecule has 6 heteroatoms. The highest BCUT2D eigenvalue weighted by molar-refractivity contribution is 6.05. The largest absolute Gasteiger partial charge is 0.496 e. The molecule has 0 aliphatic heterocycles. The van der Waals surface area contributed by atoms with Crippen LogP contribution in [0, 0.1) is 0 Å². The SMILES string of the molecule is COc1cc(OC)c(/C=C/C(=O)/C=C/c2cccc(OC)c2OC)c(OC)c1. The fourth-order valence-corrected chi connectivity index (χ4v) is 2.63. The molecule has 0 N–H and O–H groups in total. The van der Waals surface area contributed by atoms with E-state index >= 15 is 0 Å². The maximum absolute atomic E-state index is 12.3. The fourth-order valence-electron chi connectivity index (χ4n) is 2.63. The van der Waals surface area contributed by atoms with E-state index in [1.54, 1.807) is 65.9 Å². The van der Waals surface area contributed by atoms with Crippen molar-refractivity contribution in [1.82, 2.24) is 0 Å². The summed E-state index contributed by atoms with van der Waals surface area (Å²) >= 11 is 0. The van der Waals surface area contributed by atoms with Gasteiger partial charge < -0.3 is 23.7 Å². The Morgan fingerprint density at radius 1 is 0.750 bits per heavy atom. The normalized spacial score (nSPS) is 10.9. The lowest BCUT2D eigenvalue weighted by molar-refractivity contribution is -0.110. The summed E-state index contributed by atoms with van der Waals surface area (Å²) in [6.45, 7) is 0. The van der Waals surface area contributed by atoms with Gasteiger partial charge in [0, 0.05) is 17.7 Å². The number of hydrogen-bond donors (Lipinski definition) is 0. The van der Waals surface area contributed by atoms with E-state index in [0.717, 1.165) is 5.56 Å². The summed E-state index contributed by atoms with van der Waals surface area (Å²) in [4.78, 5) is 12.3. The Balaban J connectivity index is 2.27. The van der Waals surface area contributed by atoms with Crippen LogP contribution in [-0.2, 0) is 4.79 Å². The maximum Gasteiger partial charge on any atom is 0.178 e. The standard InChI is InChI=1S/C22H24O6/c1-24-17-13-20(26-3)18(21(14-17)27-4)12-11-16(23)10-9-15-7-6-8-19(25-2)22(15)28-5/h6-14H,1-5H3/b10-9+,12-11+. The van der Waals surface area contributed by atoms with Crippen molar-refractivity contribution >= 4 is 17.9 Å². The third-order valence-corrected chi connectivity index (χ3v) is 4.03. The van der Waals surface area contributed by atoms with Crippen LogP contribution in [0.5, 0.6) is 28.7 Å². The van der Waals surface area contributed by atoms with Gasteiger partial charge in [-0.2, -0.15) is 0 Å². The molecule has 0 fully saturated rings. The van der Waals surface area contributed by atoms with Gasteiger partial charge in [0.1, 0.15) is 17.2 Å². The van der Waals surface area contributed by atoms with Gasteiger partial charge in [-0.15, -0.1) is 0 Å². The maximum atomic E-state index is 12.3. The van der Waals surface area contributed by atoms with E-state index in [2.05, 4.69) is 0 Å². The summed E-state index contributed by atoms with van der Waals surface area (Å²) in [6, 6.07) is 8.91. The van der Waals surface area contributed by atoms with Gasteiger partial charge >= 0.3 is 0 Å². The first-order valence-electron chi connectivity index (χ1n) is 8.49. The molecule has 0 saturated heterocycles. The molecule has 2 aromatic carbocycles. The van der Waals surface area contributed by atoms with Crippen molar-refractivity contribution in [3.8, 4) is 28.7 Å². The molecule has 0 aliphatic carbocycles. The molecule has 0 atom stereocenters. The first-order valence-corrected chi connectivity index (χ1v) is 8.49. The molecule has 0 saturated carbocycles. The molecular formula is C22H24O6. The molecule has 0 radical (unpaired) electrons. The molecule has 0 aromatic heterocycles. The van der Waals surface area contributed by atoms with Crippen molar-refractivity contribution in [2.24, 2.45) is 0 Å². The quantitative estimate of drug-likeness (QED) is 0.609. The molecule has 6 nitrogen and oxygen atoms in total. The van der Waals surface area contributed by atoms with Crippen LogP contribution in [0.15, 0.2) is 42.5 Å². The lowest BCUT2D eigenvalue weighted by Crippen LogP contribution is -1.95. The first kappa shape index (κ1) is 20.9. The Morgan fingerprint density at radius 2 is 1.36 bits per heavy atom. The topological polar surface area (TPSA) is 63.2 Å². The zero-order valence-electron chi connectivity index (χ0n) is 16.6. The van der Waals surface area contributed by atoms with Crippen LogP contribution in [0.4, 0.5) is 0 Å². The Morgan fingerprint density at radius 3 is 1.89 bits per heavy atom. The minimum Gasteiger partial charge on any atom is -0.496 e. The highest BCUT2D eigenvalue weighted by Crippen LogP contribution is 2.35. The van der Waals surface area contributed by atoms with Crippen LogP contribution < -0.4 is 23.7 Å². The summed E-state index contributed by atoms with van der Waals surface area (Å²) < 4.78 is 26.6. The van der Waals surface area contributed by atoms with Gasteiger partial charge in [0.15, 0.2) is 17.3 Å². The van der Waals surface area contributed by atoms with Crippen LogP contribution >= 0.6 is 0 Å². The summed E-state index contributed by atoms with van der Waals surface area (Å²) in [7, 11) is 7.77. The summed E-state index contributed by atoms with van der Waals surface area (Å²) in [5.74, 6) is 2.64. The van der Waals surface area contributed by atoms with Gasteiger partial charge in [-0.3, -0.25) is 4.79 Å². The summed E-state index contributed by atoms with van der Waals surface area (Å²) in [5, 5.41) is 0. The highest BCUT2D eigenvalue weighted by atomic mass is 16.5. The average Bonchev–Trinajstić information content (AvgIpc) is 2.74. The van der Waals surface area contributed by atoms with Crippen LogP contribution in [0.25, 0.3) is 12.2 Å². The Bertz CT molecular complexity index is 858. The molecule has 28 heavy (non-hydrogen) atoms. The van der Waals surface area contributed by atoms with Gasteiger partial charge in [-0.25, -0.2) is 0 Å². The van der Waals surface area contributed by atoms with Gasteiger partial charge in [0.05, 0.1) is 41.1 Å². The molecular weight excluding hydrogens is 360 g/mol. The van der Waals surface area contributed by atoms with Crippen molar-refractivity contribution in [1.29, 1.82) is 0 Å². The van der Waals surface area contributed by atoms with Crippen molar-refractivity contribution < 1.29 is 28.5 Å². The molecule has 0 bridgehead atoms. The number of benzene rings is 2. The van der Waals surface area contributed by atoms with Crippen molar-refractivity contribution in [3.63, 3.8) is 0 Å². The molecule has 0 unspecified atom stereocenters. The van der Waals surface area contributed by atoms with Crippen molar-refractivity contribution in [2.45, 2.75) is 0 Å². The van der Waals surface area contributed by atoms with Gasteiger partial charge in [-0.05, 0) is 30.4 Å². The molecule has 0 heterocycles. The molecule has 148 valence electrons. The second kappa shape index (κ2) is 10.1. The summed E-state index contributed by atoms with van der Waals surface area (Å²) in [6.07, 6.45) is 6.22. The van der Waals surface area contributed by atoms with E-state index in [0.29, 0.717) is 34.3 Å². The predicted molar refractivity (Wildman–Crippen MR) is 109 cm³/mol. The molecule has 0 aliphatic rings. The van der Waals surface area contributed by atoms with Crippen LogP contribution in [-0.4, -0.2) is 41.3 Å². The molecule has 2 rings (SSSR count). The smallest absolute Gasteiger partial charge is 0.178 e. The number of hydrogen-bond acceptors (Lipinski definition) is 6. The molecule has 0 spiro atoms. The van der Waals surface area contributed by atoms with Gasteiger partial charge in [-0.1, -0.05) is 12.1 Å². The zero-order chi connectivity index (χ0) is 20.5. The third-order valence-electron chi connectivity index (χ3n) is 4.03. The average molecular weight is 384 g/mol.